The highest BCUT2D eigenvalue weighted by Gasteiger charge is 2.36. The Morgan fingerprint density at radius 1 is 1.28 bits per heavy atom. The summed E-state index contributed by atoms with van der Waals surface area (Å²) >= 11 is 11.9. The molecule has 1 aliphatic heterocycles. The molecule has 0 radical (unpaired) electrons. The average Bonchev–Trinajstić information content (AvgIpc) is 2.82. The quantitative estimate of drug-likeness (QED) is 0.777. The highest BCUT2D eigenvalue weighted by atomic mass is 35.5. The van der Waals surface area contributed by atoms with Gasteiger partial charge in [-0.3, -0.25) is 4.99 Å². The van der Waals surface area contributed by atoms with Crippen LogP contribution in [0.3, 0.4) is 0 Å². The molecule has 1 aliphatic rings. The molecule has 0 spiro atoms. The first-order valence-electron chi connectivity index (χ1n) is 5.59. The summed E-state index contributed by atoms with van der Waals surface area (Å²) in [6, 6.07) is 5.77. The Morgan fingerprint density at radius 2 is 2.06 bits per heavy atom. The number of aromatic nitrogens is 2. The van der Waals surface area contributed by atoms with Gasteiger partial charge < -0.3 is 0 Å². The molecule has 0 atom stereocenters. The van der Waals surface area contributed by atoms with E-state index in [1.807, 2.05) is 18.2 Å². The molecule has 0 N–H and O–H groups in total. The predicted molar refractivity (Wildman–Crippen MR) is 74.2 cm³/mol. The minimum atomic E-state index is -0.194. The molecule has 5 heteroatoms. The monoisotopic (exact) mass is 279 g/mol. The maximum atomic E-state index is 6.06. The van der Waals surface area contributed by atoms with Crippen LogP contribution in [-0.2, 0) is 5.41 Å². The minimum absolute atomic E-state index is 0.194. The van der Waals surface area contributed by atoms with E-state index >= 15 is 0 Å². The van der Waals surface area contributed by atoms with E-state index in [9.17, 15) is 0 Å². The third-order valence-electron chi connectivity index (χ3n) is 3.28. The molecule has 0 aliphatic carbocycles. The van der Waals surface area contributed by atoms with E-state index in [0.29, 0.717) is 0 Å². The van der Waals surface area contributed by atoms with Crippen molar-refractivity contribution in [3.8, 4) is 0 Å². The first-order valence-corrected chi connectivity index (χ1v) is 6.30. The molecule has 2 heterocycles. The molecule has 0 amide bonds. The Labute approximate surface area is 115 Å². The summed E-state index contributed by atoms with van der Waals surface area (Å²) in [4.78, 5) is 4.68. The topological polar surface area (TPSA) is 30.2 Å². The third-order valence-corrected chi connectivity index (χ3v) is 3.70. The number of hydrogen-bond donors (Lipinski definition) is 0. The Balaban J connectivity index is 2.16. The van der Waals surface area contributed by atoms with Crippen molar-refractivity contribution in [2.75, 3.05) is 0 Å². The molecule has 2 aromatic rings. The Bertz CT molecular complexity index is 656. The van der Waals surface area contributed by atoms with E-state index in [2.05, 4.69) is 23.9 Å². The molecular weight excluding hydrogens is 269 g/mol. The summed E-state index contributed by atoms with van der Waals surface area (Å²) in [5, 5.41) is 4.71. The van der Waals surface area contributed by atoms with E-state index < -0.39 is 0 Å². The van der Waals surface area contributed by atoms with Crippen molar-refractivity contribution in [1.82, 2.24) is 9.30 Å². The Kier molecular flexibility index (Phi) is 2.50. The van der Waals surface area contributed by atoms with E-state index in [0.717, 1.165) is 27.5 Å². The van der Waals surface area contributed by atoms with Gasteiger partial charge in [0.25, 0.3) is 0 Å². The van der Waals surface area contributed by atoms with Gasteiger partial charge in [0.05, 0.1) is 23.8 Å². The summed E-state index contributed by atoms with van der Waals surface area (Å²) < 4.78 is 1.27. The van der Waals surface area contributed by atoms with Crippen LogP contribution in [0.4, 0.5) is 5.69 Å². The normalized spacial score (nSPS) is 16.6. The summed E-state index contributed by atoms with van der Waals surface area (Å²) in [6.07, 6.45) is 3.48. The SMILES string of the molecule is CC1(C)C(c2cnn(Cl)c2)=Nc2ccc(Cl)cc21. The molecule has 0 saturated heterocycles. The molecule has 0 unspecified atom stereocenters. The van der Waals surface area contributed by atoms with Gasteiger partial charge in [-0.15, -0.1) is 0 Å². The fourth-order valence-electron chi connectivity index (χ4n) is 2.34. The van der Waals surface area contributed by atoms with Gasteiger partial charge in [0, 0.05) is 27.8 Å². The minimum Gasteiger partial charge on any atom is -0.251 e. The summed E-state index contributed by atoms with van der Waals surface area (Å²) in [7, 11) is 0. The van der Waals surface area contributed by atoms with Gasteiger partial charge in [0.15, 0.2) is 0 Å². The number of aliphatic imine (C=N–C) groups is 1. The molecule has 0 fully saturated rings. The van der Waals surface area contributed by atoms with Crippen LogP contribution < -0.4 is 0 Å². The molecular formula is C13H11Cl2N3. The maximum absolute atomic E-state index is 6.06. The van der Waals surface area contributed by atoms with Crippen LogP contribution in [-0.4, -0.2) is 15.0 Å². The molecule has 92 valence electrons. The second kappa shape index (κ2) is 3.84. The van der Waals surface area contributed by atoms with Crippen LogP contribution in [0, 0.1) is 0 Å². The average molecular weight is 280 g/mol. The lowest BCUT2D eigenvalue weighted by molar-refractivity contribution is 0.737. The van der Waals surface area contributed by atoms with Crippen molar-refractivity contribution in [2.45, 2.75) is 19.3 Å². The van der Waals surface area contributed by atoms with Crippen molar-refractivity contribution in [3.05, 3.63) is 46.7 Å². The van der Waals surface area contributed by atoms with Crippen LogP contribution in [0.2, 0.25) is 5.02 Å². The number of nitrogens with zero attached hydrogens (tertiary/aromatic N) is 3. The van der Waals surface area contributed by atoms with Crippen molar-refractivity contribution in [3.63, 3.8) is 0 Å². The molecule has 0 saturated carbocycles. The van der Waals surface area contributed by atoms with E-state index in [-0.39, 0.29) is 5.41 Å². The summed E-state index contributed by atoms with van der Waals surface area (Å²) in [5.41, 5.74) is 3.79. The second-order valence-corrected chi connectivity index (χ2v) is 5.65. The lowest BCUT2D eigenvalue weighted by atomic mass is 9.80. The third kappa shape index (κ3) is 1.66. The fourth-order valence-corrected chi connectivity index (χ4v) is 2.66. The largest absolute Gasteiger partial charge is 0.251 e. The van der Waals surface area contributed by atoms with E-state index in [1.54, 1.807) is 12.4 Å². The zero-order valence-electron chi connectivity index (χ0n) is 9.98. The van der Waals surface area contributed by atoms with Crippen LogP contribution in [0.15, 0.2) is 35.6 Å². The fraction of sp³-hybridized carbons (Fsp3) is 0.231. The summed E-state index contributed by atoms with van der Waals surface area (Å²) in [6.45, 7) is 4.25. The summed E-state index contributed by atoms with van der Waals surface area (Å²) in [5.74, 6) is 0. The molecule has 1 aromatic heterocycles. The second-order valence-electron chi connectivity index (χ2n) is 4.86. The van der Waals surface area contributed by atoms with E-state index in [1.165, 1.54) is 4.20 Å². The standard InChI is InChI=1S/C13H11Cl2N3/c1-13(2)10-5-9(14)3-4-11(10)17-12(13)8-6-16-18(15)7-8/h3-7H,1-2H3. The van der Waals surface area contributed by atoms with Crippen molar-refractivity contribution in [1.29, 1.82) is 0 Å². The highest BCUT2D eigenvalue weighted by molar-refractivity contribution is 6.31. The molecule has 0 bridgehead atoms. The van der Waals surface area contributed by atoms with Gasteiger partial charge in [0.2, 0.25) is 0 Å². The van der Waals surface area contributed by atoms with Gasteiger partial charge in [-0.1, -0.05) is 25.4 Å². The smallest absolute Gasteiger partial charge is 0.0676 e. The number of fused-ring (bicyclic) bond motifs is 1. The molecule has 3 rings (SSSR count). The number of halogens is 2. The first kappa shape index (κ1) is 11.8. The van der Waals surface area contributed by atoms with Gasteiger partial charge in [-0.25, -0.2) is 0 Å². The zero-order chi connectivity index (χ0) is 12.9. The highest BCUT2D eigenvalue weighted by Crippen LogP contribution is 2.42. The van der Waals surface area contributed by atoms with E-state index in [4.69, 9.17) is 23.4 Å². The molecule has 1 aromatic carbocycles. The van der Waals surface area contributed by atoms with Gasteiger partial charge >= 0.3 is 0 Å². The number of rotatable bonds is 1. The zero-order valence-corrected chi connectivity index (χ0v) is 11.5. The lowest BCUT2D eigenvalue weighted by Crippen LogP contribution is -2.26. The lowest BCUT2D eigenvalue weighted by Gasteiger charge is -2.21. The molecule has 3 nitrogen and oxygen atoms in total. The molecule has 18 heavy (non-hydrogen) atoms. The van der Waals surface area contributed by atoms with Crippen LogP contribution >= 0.6 is 23.4 Å². The van der Waals surface area contributed by atoms with Gasteiger partial charge in [0.1, 0.15) is 0 Å². The first-order chi connectivity index (χ1) is 8.48. The number of hydrogen-bond acceptors (Lipinski definition) is 2. The van der Waals surface area contributed by atoms with Gasteiger partial charge in [-0.05, 0) is 23.8 Å². The van der Waals surface area contributed by atoms with Crippen molar-refractivity contribution in [2.24, 2.45) is 4.99 Å². The maximum Gasteiger partial charge on any atom is 0.0676 e. The van der Waals surface area contributed by atoms with Crippen LogP contribution in [0.5, 0.6) is 0 Å². The van der Waals surface area contributed by atoms with Crippen molar-refractivity contribution >= 4 is 34.8 Å². The van der Waals surface area contributed by atoms with Crippen LogP contribution in [0.25, 0.3) is 0 Å². The Hall–Kier alpha value is -1.32. The predicted octanol–water partition coefficient (Wildman–Crippen LogP) is 3.95. The Morgan fingerprint density at radius 3 is 2.72 bits per heavy atom. The number of benzene rings is 1. The van der Waals surface area contributed by atoms with Crippen molar-refractivity contribution < 1.29 is 0 Å². The van der Waals surface area contributed by atoms with Crippen LogP contribution in [0.1, 0.15) is 25.0 Å². The van der Waals surface area contributed by atoms with Gasteiger partial charge in [-0.2, -0.15) is 9.30 Å².